The Morgan fingerprint density at radius 1 is 1.24 bits per heavy atom. The number of aromatic nitrogens is 2. The molecule has 0 amide bonds. The minimum absolute atomic E-state index is 0.712. The van der Waals surface area contributed by atoms with Gasteiger partial charge in [0.05, 0.1) is 0 Å². The van der Waals surface area contributed by atoms with Gasteiger partial charge in [-0.3, -0.25) is 0 Å². The molecule has 2 heterocycles. The average Bonchev–Trinajstić information content (AvgIpc) is 3.22. The van der Waals surface area contributed by atoms with E-state index in [0.29, 0.717) is 6.04 Å². The van der Waals surface area contributed by atoms with E-state index in [0.717, 1.165) is 24.8 Å². The Kier molecular flexibility index (Phi) is 3.22. The summed E-state index contributed by atoms with van der Waals surface area (Å²) in [6.07, 6.45) is 7.05. The topological polar surface area (TPSA) is 41.1 Å². The lowest BCUT2D eigenvalue weighted by Crippen LogP contribution is -2.43. The van der Waals surface area contributed by atoms with Crippen molar-refractivity contribution < 1.29 is 0 Å². The van der Waals surface area contributed by atoms with Crippen LogP contribution in [-0.2, 0) is 0 Å². The molecular formula is C13H20N4. The van der Waals surface area contributed by atoms with Crippen molar-refractivity contribution in [3.05, 3.63) is 18.3 Å². The fourth-order valence-electron chi connectivity index (χ4n) is 2.43. The molecule has 0 radical (unpaired) electrons. The van der Waals surface area contributed by atoms with Gasteiger partial charge in [0.25, 0.3) is 0 Å². The van der Waals surface area contributed by atoms with E-state index in [4.69, 9.17) is 0 Å². The number of hydrogen-bond acceptors (Lipinski definition) is 4. The smallest absolute Gasteiger partial charge is 0.151 e. The van der Waals surface area contributed by atoms with Crippen molar-refractivity contribution in [2.75, 3.05) is 24.5 Å². The van der Waals surface area contributed by atoms with E-state index in [1.54, 1.807) is 6.20 Å². The lowest BCUT2D eigenvalue weighted by Gasteiger charge is -2.33. The van der Waals surface area contributed by atoms with Crippen molar-refractivity contribution in [1.82, 2.24) is 15.5 Å². The first-order valence-corrected chi connectivity index (χ1v) is 6.68. The molecule has 3 rings (SSSR count). The third-order valence-electron chi connectivity index (χ3n) is 3.77. The number of rotatable bonds is 4. The van der Waals surface area contributed by atoms with Crippen molar-refractivity contribution in [2.24, 2.45) is 5.92 Å². The van der Waals surface area contributed by atoms with Crippen molar-refractivity contribution in [2.45, 2.75) is 31.7 Å². The van der Waals surface area contributed by atoms with Gasteiger partial charge in [0.2, 0.25) is 0 Å². The Hall–Kier alpha value is -1.16. The summed E-state index contributed by atoms with van der Waals surface area (Å²) in [5.41, 5.74) is 0. The van der Waals surface area contributed by atoms with E-state index in [1.807, 2.05) is 12.1 Å². The molecule has 1 aromatic heterocycles. The molecule has 4 nitrogen and oxygen atoms in total. The highest BCUT2D eigenvalue weighted by atomic mass is 15.3. The Labute approximate surface area is 102 Å². The predicted molar refractivity (Wildman–Crippen MR) is 68.0 cm³/mol. The maximum Gasteiger partial charge on any atom is 0.151 e. The fraction of sp³-hybridized carbons (Fsp3) is 0.692. The molecule has 1 N–H and O–H groups in total. The number of nitrogens with zero attached hydrogens (tertiary/aromatic N) is 3. The van der Waals surface area contributed by atoms with Crippen LogP contribution in [0.4, 0.5) is 5.82 Å². The standard InChI is InChI=1S/C13H20N4/c1-2-13(16-15-7-1)17-8-5-12(6-9-17)14-10-11-3-4-11/h1-2,7,11-12,14H,3-6,8-10H2. The van der Waals surface area contributed by atoms with E-state index >= 15 is 0 Å². The minimum atomic E-state index is 0.712. The van der Waals surface area contributed by atoms with Gasteiger partial charge in [0, 0.05) is 25.3 Å². The molecule has 1 saturated carbocycles. The molecular weight excluding hydrogens is 212 g/mol. The molecule has 0 aromatic carbocycles. The highest BCUT2D eigenvalue weighted by Gasteiger charge is 2.24. The number of piperidine rings is 1. The Bertz CT molecular complexity index is 342. The first-order chi connectivity index (χ1) is 8.42. The molecule has 2 aliphatic rings. The van der Waals surface area contributed by atoms with Crippen molar-refractivity contribution in [3.63, 3.8) is 0 Å². The van der Waals surface area contributed by atoms with Crippen LogP contribution in [0.5, 0.6) is 0 Å². The van der Waals surface area contributed by atoms with Crippen LogP contribution < -0.4 is 10.2 Å². The Morgan fingerprint density at radius 3 is 2.71 bits per heavy atom. The van der Waals surface area contributed by atoms with Crippen LogP contribution in [0.15, 0.2) is 18.3 Å². The maximum atomic E-state index is 4.17. The lowest BCUT2D eigenvalue weighted by molar-refractivity contribution is 0.407. The van der Waals surface area contributed by atoms with Crippen LogP contribution in [0.25, 0.3) is 0 Å². The van der Waals surface area contributed by atoms with Gasteiger partial charge in [0.1, 0.15) is 0 Å². The summed E-state index contributed by atoms with van der Waals surface area (Å²) in [6, 6.07) is 4.72. The van der Waals surface area contributed by atoms with Gasteiger partial charge in [-0.05, 0) is 50.3 Å². The average molecular weight is 232 g/mol. The lowest BCUT2D eigenvalue weighted by atomic mass is 10.0. The second kappa shape index (κ2) is 5.00. The number of nitrogens with one attached hydrogen (secondary N) is 1. The highest BCUT2D eigenvalue weighted by molar-refractivity contribution is 5.36. The highest BCUT2D eigenvalue weighted by Crippen LogP contribution is 2.28. The zero-order valence-electron chi connectivity index (χ0n) is 10.2. The quantitative estimate of drug-likeness (QED) is 0.853. The SMILES string of the molecule is c1cnnc(N2CCC(NCC3CC3)CC2)c1. The molecule has 0 spiro atoms. The molecule has 17 heavy (non-hydrogen) atoms. The van der Waals surface area contributed by atoms with E-state index in [2.05, 4.69) is 20.4 Å². The summed E-state index contributed by atoms with van der Waals surface area (Å²) in [4.78, 5) is 2.34. The van der Waals surface area contributed by atoms with Gasteiger partial charge in [0.15, 0.2) is 5.82 Å². The molecule has 1 aromatic rings. The molecule has 92 valence electrons. The summed E-state index contributed by atoms with van der Waals surface area (Å²) < 4.78 is 0. The Morgan fingerprint density at radius 2 is 2.06 bits per heavy atom. The molecule has 0 atom stereocenters. The molecule has 2 fully saturated rings. The second-order valence-corrected chi connectivity index (χ2v) is 5.19. The van der Waals surface area contributed by atoms with Crippen molar-refractivity contribution >= 4 is 5.82 Å². The molecule has 1 aliphatic carbocycles. The largest absolute Gasteiger partial charge is 0.355 e. The van der Waals surface area contributed by atoms with Crippen molar-refractivity contribution in [3.8, 4) is 0 Å². The van der Waals surface area contributed by atoms with Crippen LogP contribution in [0.1, 0.15) is 25.7 Å². The third kappa shape index (κ3) is 2.94. The first kappa shape index (κ1) is 11.0. The number of hydrogen-bond donors (Lipinski definition) is 1. The normalized spacial score (nSPS) is 21.8. The summed E-state index contributed by atoms with van der Waals surface area (Å²) in [6.45, 7) is 3.43. The molecule has 0 unspecified atom stereocenters. The van der Waals surface area contributed by atoms with E-state index in [9.17, 15) is 0 Å². The van der Waals surface area contributed by atoms with E-state index < -0.39 is 0 Å². The molecule has 1 aliphatic heterocycles. The van der Waals surface area contributed by atoms with Gasteiger partial charge in [-0.1, -0.05) is 0 Å². The van der Waals surface area contributed by atoms with Crippen LogP contribution in [0, 0.1) is 5.92 Å². The summed E-state index contributed by atoms with van der Waals surface area (Å²) in [5.74, 6) is 2.00. The van der Waals surface area contributed by atoms with Gasteiger partial charge in [-0.25, -0.2) is 0 Å². The van der Waals surface area contributed by atoms with E-state index in [1.165, 1.54) is 32.2 Å². The van der Waals surface area contributed by atoms with Crippen LogP contribution in [0.2, 0.25) is 0 Å². The van der Waals surface area contributed by atoms with Crippen molar-refractivity contribution in [1.29, 1.82) is 0 Å². The summed E-state index contributed by atoms with van der Waals surface area (Å²) >= 11 is 0. The molecule has 0 bridgehead atoms. The molecule has 4 heteroatoms. The Balaban J connectivity index is 1.46. The first-order valence-electron chi connectivity index (χ1n) is 6.68. The minimum Gasteiger partial charge on any atom is -0.355 e. The predicted octanol–water partition coefficient (Wildman–Crippen LogP) is 1.44. The monoisotopic (exact) mass is 232 g/mol. The summed E-state index contributed by atoms with van der Waals surface area (Å²) in [7, 11) is 0. The van der Waals surface area contributed by atoms with Crippen LogP contribution in [0.3, 0.4) is 0 Å². The second-order valence-electron chi connectivity index (χ2n) is 5.19. The zero-order chi connectivity index (χ0) is 11.5. The zero-order valence-corrected chi connectivity index (χ0v) is 10.2. The van der Waals surface area contributed by atoms with Gasteiger partial charge >= 0.3 is 0 Å². The maximum absolute atomic E-state index is 4.17. The summed E-state index contributed by atoms with van der Waals surface area (Å²) in [5, 5.41) is 11.8. The van der Waals surface area contributed by atoms with Gasteiger partial charge in [-0.2, -0.15) is 5.10 Å². The number of anilines is 1. The third-order valence-corrected chi connectivity index (χ3v) is 3.77. The fourth-order valence-corrected chi connectivity index (χ4v) is 2.43. The van der Waals surface area contributed by atoms with E-state index in [-0.39, 0.29) is 0 Å². The molecule has 1 saturated heterocycles. The van der Waals surface area contributed by atoms with Crippen LogP contribution >= 0.6 is 0 Å². The van der Waals surface area contributed by atoms with Gasteiger partial charge < -0.3 is 10.2 Å². The van der Waals surface area contributed by atoms with Crippen LogP contribution in [-0.4, -0.2) is 35.9 Å². The van der Waals surface area contributed by atoms with Gasteiger partial charge in [-0.15, -0.1) is 5.10 Å².